The predicted octanol–water partition coefficient (Wildman–Crippen LogP) is 11.3. The van der Waals surface area contributed by atoms with Crippen molar-refractivity contribution in [1.29, 1.82) is 0 Å². The number of hydrogen-bond acceptors (Lipinski definition) is 5. The van der Waals surface area contributed by atoms with E-state index in [9.17, 15) is 5.11 Å². The molecule has 1 N–H and O–H groups in total. The first kappa shape index (κ1) is 37.7. The summed E-state index contributed by atoms with van der Waals surface area (Å²) in [5.74, 6) is 0.854. The molecular weight excluding hydrogens is 585 g/mol. The van der Waals surface area contributed by atoms with E-state index in [0.717, 1.165) is 17.7 Å². The van der Waals surface area contributed by atoms with Crippen molar-refractivity contribution in [2.45, 2.75) is 143 Å². The van der Waals surface area contributed by atoms with Crippen LogP contribution in [0.2, 0.25) is 36.3 Å². The first-order chi connectivity index (χ1) is 19.8. The van der Waals surface area contributed by atoms with Crippen molar-refractivity contribution in [2.24, 2.45) is 0 Å². The van der Waals surface area contributed by atoms with Crippen LogP contribution in [0, 0.1) is 0 Å². The molecule has 0 aliphatic carbocycles. The summed E-state index contributed by atoms with van der Waals surface area (Å²) in [6.07, 6.45) is 8.41. The van der Waals surface area contributed by atoms with Crippen LogP contribution in [0.1, 0.15) is 102 Å². The van der Waals surface area contributed by atoms with Crippen LogP contribution in [0.15, 0.2) is 48.6 Å². The van der Waals surface area contributed by atoms with E-state index in [2.05, 4.69) is 111 Å². The Labute approximate surface area is 269 Å². The molecule has 0 amide bonds. The number of hydrogen-bond donors (Lipinski definition) is 1. The molecule has 1 aromatic carbocycles. The average Bonchev–Trinajstić information content (AvgIpc) is 3.40. The van der Waals surface area contributed by atoms with Crippen molar-refractivity contribution < 1.29 is 18.7 Å². The van der Waals surface area contributed by atoms with Crippen LogP contribution < -0.4 is 4.74 Å². The fraction of sp³-hybridized carbons (Fsp3) is 0.611. The quantitative estimate of drug-likeness (QED) is 0.155. The molecular formula is C36H60O4SSi2. The Morgan fingerprint density at radius 2 is 1.35 bits per heavy atom. The normalized spacial score (nSPS) is 14.1. The van der Waals surface area contributed by atoms with Crippen LogP contribution in [0.5, 0.6) is 5.75 Å². The minimum atomic E-state index is -1.92. The van der Waals surface area contributed by atoms with Gasteiger partial charge in [0.2, 0.25) is 0 Å². The van der Waals surface area contributed by atoms with E-state index in [1.165, 1.54) is 20.9 Å². The van der Waals surface area contributed by atoms with Gasteiger partial charge in [0, 0.05) is 9.75 Å². The highest BCUT2D eigenvalue weighted by molar-refractivity contribution is 7.13. The highest BCUT2D eigenvalue weighted by Gasteiger charge is 2.38. The fourth-order valence-electron chi connectivity index (χ4n) is 3.90. The molecule has 0 atom stereocenters. The second-order valence-electron chi connectivity index (χ2n) is 14.8. The molecule has 0 aliphatic heterocycles. The molecule has 0 saturated carbocycles. The van der Waals surface area contributed by atoms with Crippen molar-refractivity contribution in [3.8, 4) is 5.75 Å². The molecule has 242 valence electrons. The number of aliphatic hydroxyl groups is 1. The third kappa shape index (κ3) is 10.8. The molecule has 2 rings (SSSR count). The molecule has 7 heteroatoms. The minimum absolute atomic E-state index is 0.143. The number of thiophene rings is 1. The third-order valence-electron chi connectivity index (χ3n) is 9.64. The SMILES string of the molecule is CC/C(=C\C=C\C(O)(CC)CC)c1ccc(COc2ccc(CO[Si](C)(C)C(C)(C)C)c(CO[Si](C)(C)C(C)(C)C)c2)s1. The minimum Gasteiger partial charge on any atom is -0.488 e. The van der Waals surface area contributed by atoms with Gasteiger partial charge in [-0.2, -0.15) is 0 Å². The van der Waals surface area contributed by atoms with E-state index >= 15 is 0 Å². The lowest BCUT2D eigenvalue weighted by atomic mass is 9.97. The van der Waals surface area contributed by atoms with Gasteiger partial charge in [0.1, 0.15) is 12.4 Å². The number of allylic oxidation sites excluding steroid dienone is 3. The van der Waals surface area contributed by atoms with Crippen molar-refractivity contribution >= 4 is 33.5 Å². The standard InChI is InChI=1S/C36H60O4SSi2/c1-14-28(18-17-23-36(37,15-2)16-3)33-22-21-32(41-33)27-38-31-20-19-29(25-39-42(10,11)34(4,5)6)30(24-31)26-40-43(12,13)35(7,8)9/h17-24,37H,14-16,25-27H2,1-13H3/b23-17+,28-18+. The van der Waals surface area contributed by atoms with E-state index in [1.807, 2.05) is 26.0 Å². The smallest absolute Gasteiger partial charge is 0.192 e. The Bertz CT molecular complexity index is 1220. The van der Waals surface area contributed by atoms with Gasteiger partial charge in [0.05, 0.1) is 18.8 Å². The second kappa shape index (κ2) is 15.2. The van der Waals surface area contributed by atoms with Crippen LogP contribution in [0.4, 0.5) is 0 Å². The van der Waals surface area contributed by atoms with Gasteiger partial charge in [-0.15, -0.1) is 11.3 Å². The van der Waals surface area contributed by atoms with Gasteiger partial charge in [-0.3, -0.25) is 0 Å². The highest BCUT2D eigenvalue weighted by Crippen LogP contribution is 2.39. The molecule has 1 aromatic heterocycles. The Morgan fingerprint density at radius 1 is 0.791 bits per heavy atom. The summed E-state index contributed by atoms with van der Waals surface area (Å²) >= 11 is 1.77. The van der Waals surface area contributed by atoms with E-state index < -0.39 is 22.2 Å². The van der Waals surface area contributed by atoms with Gasteiger partial charge in [-0.1, -0.05) is 86.6 Å². The molecule has 2 aromatic rings. The van der Waals surface area contributed by atoms with E-state index in [1.54, 1.807) is 11.3 Å². The summed E-state index contributed by atoms with van der Waals surface area (Å²) in [6, 6.07) is 10.7. The van der Waals surface area contributed by atoms with Crippen LogP contribution in [0.3, 0.4) is 0 Å². The van der Waals surface area contributed by atoms with E-state index in [-0.39, 0.29) is 10.1 Å². The van der Waals surface area contributed by atoms with Crippen molar-refractivity contribution in [2.75, 3.05) is 0 Å². The van der Waals surface area contributed by atoms with Crippen LogP contribution in [-0.2, 0) is 28.7 Å². The maximum Gasteiger partial charge on any atom is 0.192 e. The van der Waals surface area contributed by atoms with Gasteiger partial charge < -0.3 is 18.7 Å². The number of benzene rings is 1. The lowest BCUT2D eigenvalue weighted by Crippen LogP contribution is -2.41. The molecule has 1 heterocycles. The molecule has 0 bridgehead atoms. The fourth-order valence-corrected chi connectivity index (χ4v) is 6.82. The largest absolute Gasteiger partial charge is 0.488 e. The monoisotopic (exact) mass is 644 g/mol. The number of ether oxygens (including phenoxy) is 1. The van der Waals surface area contributed by atoms with Crippen molar-refractivity contribution in [1.82, 2.24) is 0 Å². The summed E-state index contributed by atoms with van der Waals surface area (Å²) in [5.41, 5.74) is 2.86. The number of rotatable bonds is 15. The Hall–Kier alpha value is -1.49. The zero-order valence-corrected chi connectivity index (χ0v) is 32.3. The zero-order chi connectivity index (χ0) is 32.7. The van der Waals surface area contributed by atoms with Crippen LogP contribution >= 0.6 is 11.3 Å². The molecule has 4 nitrogen and oxygen atoms in total. The maximum atomic E-state index is 10.6. The maximum absolute atomic E-state index is 10.6. The van der Waals surface area contributed by atoms with Crippen molar-refractivity contribution in [3.63, 3.8) is 0 Å². The Kier molecular flexibility index (Phi) is 13.3. The van der Waals surface area contributed by atoms with Gasteiger partial charge in [-0.25, -0.2) is 0 Å². The van der Waals surface area contributed by atoms with Gasteiger partial charge in [0.15, 0.2) is 16.6 Å². The summed E-state index contributed by atoms with van der Waals surface area (Å²) in [4.78, 5) is 2.42. The first-order valence-corrected chi connectivity index (χ1v) is 22.6. The van der Waals surface area contributed by atoms with Crippen molar-refractivity contribution in [3.05, 3.63) is 69.4 Å². The molecule has 43 heavy (non-hydrogen) atoms. The molecule has 0 spiro atoms. The average molecular weight is 645 g/mol. The Balaban J connectivity index is 2.23. The third-order valence-corrected chi connectivity index (χ3v) is 19.7. The highest BCUT2D eigenvalue weighted by atomic mass is 32.1. The van der Waals surface area contributed by atoms with E-state index in [0.29, 0.717) is 32.7 Å². The molecule has 0 unspecified atom stereocenters. The summed E-state index contributed by atoms with van der Waals surface area (Å²) in [7, 11) is -3.81. The molecule has 0 aliphatic rings. The molecule has 0 saturated heterocycles. The molecule has 0 radical (unpaired) electrons. The lowest BCUT2D eigenvalue weighted by molar-refractivity contribution is 0.0828. The Morgan fingerprint density at radius 3 is 1.86 bits per heavy atom. The van der Waals surface area contributed by atoms with Crippen LogP contribution in [0.25, 0.3) is 5.57 Å². The van der Waals surface area contributed by atoms with Gasteiger partial charge >= 0.3 is 0 Å². The van der Waals surface area contributed by atoms with Gasteiger partial charge in [-0.05, 0) is 96.5 Å². The van der Waals surface area contributed by atoms with Crippen LogP contribution in [-0.4, -0.2) is 27.3 Å². The summed E-state index contributed by atoms with van der Waals surface area (Å²) in [5, 5.41) is 10.9. The second-order valence-corrected chi connectivity index (χ2v) is 25.6. The molecule has 0 fully saturated rings. The zero-order valence-electron chi connectivity index (χ0n) is 29.4. The lowest BCUT2D eigenvalue weighted by Gasteiger charge is -2.37. The summed E-state index contributed by atoms with van der Waals surface area (Å²) < 4.78 is 19.6. The van der Waals surface area contributed by atoms with Gasteiger partial charge in [0.25, 0.3) is 0 Å². The predicted molar refractivity (Wildman–Crippen MR) is 192 cm³/mol. The first-order valence-electron chi connectivity index (χ1n) is 16.0. The summed E-state index contributed by atoms with van der Waals surface area (Å²) in [6.45, 7) is 30.8. The topological polar surface area (TPSA) is 47.9 Å². The van der Waals surface area contributed by atoms with E-state index in [4.69, 9.17) is 13.6 Å².